The highest BCUT2D eigenvalue weighted by Crippen LogP contribution is 2.25. The summed E-state index contributed by atoms with van der Waals surface area (Å²) < 4.78 is 0. The molecule has 1 aromatic rings. The van der Waals surface area contributed by atoms with Crippen LogP contribution in [0.1, 0.15) is 24.8 Å². The largest absolute Gasteiger partial charge is 0.396 e. The predicted octanol–water partition coefficient (Wildman–Crippen LogP) is 1.57. The summed E-state index contributed by atoms with van der Waals surface area (Å²) >= 11 is 0. The number of benzene rings is 1. The molecule has 0 aliphatic carbocycles. The van der Waals surface area contributed by atoms with E-state index in [4.69, 9.17) is 10.4 Å². The molecule has 0 saturated heterocycles. The van der Waals surface area contributed by atoms with Gasteiger partial charge in [0, 0.05) is 19.1 Å². The molecular formula is C12H13N3O4. The Morgan fingerprint density at radius 2 is 2.21 bits per heavy atom. The molecule has 0 saturated carbocycles. The average molecular weight is 263 g/mol. The molecule has 0 heterocycles. The predicted molar refractivity (Wildman–Crippen MR) is 67.4 cm³/mol. The van der Waals surface area contributed by atoms with Crippen LogP contribution >= 0.6 is 0 Å². The van der Waals surface area contributed by atoms with Crippen LogP contribution in [0.5, 0.6) is 0 Å². The molecule has 0 fully saturated rings. The molecule has 7 nitrogen and oxygen atoms in total. The number of nitro benzene ring substituents is 1. The van der Waals surface area contributed by atoms with Crippen molar-refractivity contribution in [2.24, 2.45) is 0 Å². The maximum Gasteiger partial charge on any atom is 0.294 e. The van der Waals surface area contributed by atoms with Gasteiger partial charge in [-0.15, -0.1) is 0 Å². The minimum atomic E-state index is -0.649. The second-order valence-electron chi connectivity index (χ2n) is 3.83. The SMILES string of the molecule is N#Cc1ccc(NC(=O)CCCCO)c([N+](=O)[O-])c1. The molecule has 1 amide bonds. The number of anilines is 1. The van der Waals surface area contributed by atoms with E-state index in [1.165, 1.54) is 12.1 Å². The van der Waals surface area contributed by atoms with E-state index in [2.05, 4.69) is 5.32 Å². The first kappa shape index (κ1) is 14.6. The third kappa shape index (κ3) is 4.37. The minimum absolute atomic E-state index is 0.00426. The van der Waals surface area contributed by atoms with Gasteiger partial charge in [0.25, 0.3) is 5.69 Å². The lowest BCUT2D eigenvalue weighted by molar-refractivity contribution is -0.383. The molecule has 0 unspecified atom stereocenters. The van der Waals surface area contributed by atoms with Crippen molar-refractivity contribution in [1.29, 1.82) is 5.26 Å². The summed E-state index contributed by atoms with van der Waals surface area (Å²) in [5.41, 5.74) is -0.0856. The van der Waals surface area contributed by atoms with Crippen LogP contribution in [0.25, 0.3) is 0 Å². The Labute approximate surface area is 109 Å². The molecule has 0 radical (unpaired) electrons. The van der Waals surface area contributed by atoms with Crippen molar-refractivity contribution < 1.29 is 14.8 Å². The molecular weight excluding hydrogens is 250 g/mol. The van der Waals surface area contributed by atoms with E-state index in [9.17, 15) is 14.9 Å². The van der Waals surface area contributed by atoms with E-state index in [0.29, 0.717) is 12.8 Å². The standard InChI is InChI=1S/C12H13N3O4/c13-8-9-4-5-10(11(7-9)15(18)19)14-12(17)3-1-2-6-16/h4-5,7,16H,1-3,6H2,(H,14,17). The van der Waals surface area contributed by atoms with Crippen molar-refractivity contribution in [3.8, 4) is 6.07 Å². The summed E-state index contributed by atoms with van der Waals surface area (Å²) in [6, 6.07) is 5.65. The lowest BCUT2D eigenvalue weighted by atomic mass is 10.1. The van der Waals surface area contributed by atoms with E-state index >= 15 is 0 Å². The first-order valence-corrected chi connectivity index (χ1v) is 5.67. The van der Waals surface area contributed by atoms with Crippen molar-refractivity contribution >= 4 is 17.3 Å². The molecule has 0 aliphatic rings. The summed E-state index contributed by atoms with van der Waals surface area (Å²) in [5, 5.41) is 30.5. The zero-order valence-electron chi connectivity index (χ0n) is 10.1. The Bertz CT molecular complexity index is 522. The van der Waals surface area contributed by atoms with Gasteiger partial charge < -0.3 is 10.4 Å². The van der Waals surface area contributed by atoms with Crippen molar-refractivity contribution in [2.75, 3.05) is 11.9 Å². The lowest BCUT2D eigenvalue weighted by Crippen LogP contribution is -2.12. The maximum absolute atomic E-state index is 11.5. The van der Waals surface area contributed by atoms with E-state index in [1.807, 2.05) is 0 Å². The minimum Gasteiger partial charge on any atom is -0.396 e. The fourth-order valence-electron chi connectivity index (χ4n) is 1.47. The summed E-state index contributed by atoms with van der Waals surface area (Å²) in [6.45, 7) is 0.00426. The van der Waals surface area contributed by atoms with E-state index in [0.717, 1.165) is 6.07 Å². The average Bonchev–Trinajstić information content (AvgIpc) is 2.39. The van der Waals surface area contributed by atoms with Crippen LogP contribution in [0.3, 0.4) is 0 Å². The van der Waals surface area contributed by atoms with Gasteiger partial charge in [0.05, 0.1) is 16.6 Å². The van der Waals surface area contributed by atoms with Gasteiger partial charge in [0.1, 0.15) is 5.69 Å². The Hall–Kier alpha value is -2.46. The molecule has 0 aliphatic heterocycles. The molecule has 100 valence electrons. The Morgan fingerprint density at radius 3 is 2.79 bits per heavy atom. The number of carbonyl (C=O) groups excluding carboxylic acids is 1. The van der Waals surface area contributed by atoms with Crippen LogP contribution < -0.4 is 5.32 Å². The van der Waals surface area contributed by atoms with Crippen molar-refractivity contribution in [3.63, 3.8) is 0 Å². The quantitative estimate of drug-likeness (QED) is 0.459. The highest BCUT2D eigenvalue weighted by Gasteiger charge is 2.16. The van der Waals surface area contributed by atoms with Crippen LogP contribution in [-0.2, 0) is 4.79 Å². The van der Waals surface area contributed by atoms with Crippen LogP contribution in [0.15, 0.2) is 18.2 Å². The number of nitriles is 1. The Kier molecular flexibility index (Phi) is 5.44. The van der Waals surface area contributed by atoms with Gasteiger partial charge in [-0.1, -0.05) is 0 Å². The molecule has 19 heavy (non-hydrogen) atoms. The number of hydrogen-bond acceptors (Lipinski definition) is 5. The van der Waals surface area contributed by atoms with Gasteiger partial charge in [-0.05, 0) is 25.0 Å². The molecule has 0 bridgehead atoms. The van der Waals surface area contributed by atoms with E-state index < -0.39 is 4.92 Å². The number of nitro groups is 1. The maximum atomic E-state index is 11.5. The Balaban J connectivity index is 2.80. The molecule has 2 N–H and O–H groups in total. The molecule has 1 rings (SSSR count). The number of nitrogens with one attached hydrogen (secondary N) is 1. The van der Waals surface area contributed by atoms with Gasteiger partial charge in [0.2, 0.25) is 5.91 Å². The van der Waals surface area contributed by atoms with Gasteiger partial charge in [-0.25, -0.2) is 0 Å². The first-order valence-electron chi connectivity index (χ1n) is 5.67. The molecule has 1 aromatic carbocycles. The zero-order chi connectivity index (χ0) is 14.3. The monoisotopic (exact) mass is 263 g/mol. The van der Waals surface area contributed by atoms with Crippen LogP contribution in [0, 0.1) is 21.4 Å². The number of amides is 1. The smallest absolute Gasteiger partial charge is 0.294 e. The third-order valence-corrected chi connectivity index (χ3v) is 2.41. The number of rotatable bonds is 6. The fourth-order valence-corrected chi connectivity index (χ4v) is 1.47. The summed E-state index contributed by atoms with van der Waals surface area (Å²) in [6.07, 6.45) is 1.19. The Morgan fingerprint density at radius 1 is 1.47 bits per heavy atom. The molecule has 0 aromatic heterocycles. The topological polar surface area (TPSA) is 116 Å². The van der Waals surface area contributed by atoms with Gasteiger partial charge in [0.15, 0.2) is 0 Å². The highest BCUT2D eigenvalue weighted by molar-refractivity contribution is 5.93. The van der Waals surface area contributed by atoms with Gasteiger partial charge in [-0.2, -0.15) is 5.26 Å². The van der Waals surface area contributed by atoms with E-state index in [-0.39, 0.29) is 35.9 Å². The van der Waals surface area contributed by atoms with Crippen molar-refractivity contribution in [1.82, 2.24) is 0 Å². The van der Waals surface area contributed by atoms with Gasteiger partial charge in [-0.3, -0.25) is 14.9 Å². The van der Waals surface area contributed by atoms with Crippen LogP contribution in [-0.4, -0.2) is 22.5 Å². The number of hydrogen-bond donors (Lipinski definition) is 2. The second-order valence-corrected chi connectivity index (χ2v) is 3.83. The fraction of sp³-hybridized carbons (Fsp3) is 0.333. The van der Waals surface area contributed by atoms with Crippen LogP contribution in [0.2, 0.25) is 0 Å². The number of nitrogens with zero attached hydrogens (tertiary/aromatic N) is 2. The molecule has 7 heteroatoms. The number of aliphatic hydroxyl groups excluding tert-OH is 1. The first-order chi connectivity index (χ1) is 9.08. The molecule has 0 atom stereocenters. The van der Waals surface area contributed by atoms with Gasteiger partial charge >= 0.3 is 0 Å². The highest BCUT2D eigenvalue weighted by atomic mass is 16.6. The zero-order valence-corrected chi connectivity index (χ0v) is 10.1. The number of carbonyl (C=O) groups is 1. The van der Waals surface area contributed by atoms with Crippen molar-refractivity contribution in [2.45, 2.75) is 19.3 Å². The summed E-state index contributed by atoms with van der Waals surface area (Å²) in [7, 11) is 0. The van der Waals surface area contributed by atoms with Crippen molar-refractivity contribution in [3.05, 3.63) is 33.9 Å². The number of aliphatic hydroxyl groups is 1. The second kappa shape index (κ2) is 7.08. The third-order valence-electron chi connectivity index (χ3n) is 2.41. The number of unbranched alkanes of at least 4 members (excludes halogenated alkanes) is 1. The lowest BCUT2D eigenvalue weighted by Gasteiger charge is -2.05. The van der Waals surface area contributed by atoms with Crippen LogP contribution in [0.4, 0.5) is 11.4 Å². The molecule has 0 spiro atoms. The summed E-state index contributed by atoms with van der Waals surface area (Å²) in [4.78, 5) is 21.7. The normalized spacial score (nSPS) is 9.68. The summed E-state index contributed by atoms with van der Waals surface area (Å²) in [5.74, 6) is -0.360. The van der Waals surface area contributed by atoms with E-state index in [1.54, 1.807) is 6.07 Å².